The first kappa shape index (κ1) is 19.6. The minimum Gasteiger partial charge on any atom is -0.352 e. The molecular formula is C21H21ClN2O2. The molecule has 5 heteroatoms. The van der Waals surface area contributed by atoms with E-state index < -0.39 is 0 Å². The fourth-order valence-corrected chi connectivity index (χ4v) is 2.53. The maximum absolute atomic E-state index is 12.4. The largest absolute Gasteiger partial charge is 0.352 e. The second-order valence-corrected chi connectivity index (χ2v) is 6.39. The molecule has 2 rings (SSSR count). The van der Waals surface area contributed by atoms with Gasteiger partial charge in [0.1, 0.15) is 0 Å². The van der Waals surface area contributed by atoms with E-state index in [9.17, 15) is 9.59 Å². The lowest BCUT2D eigenvalue weighted by Gasteiger charge is -2.20. The molecule has 2 aromatic rings. The van der Waals surface area contributed by atoms with E-state index in [1.165, 1.54) is 0 Å². The number of hydrogen-bond acceptors (Lipinski definition) is 2. The number of amides is 2. The predicted octanol–water partition coefficient (Wildman–Crippen LogP) is 3.43. The van der Waals surface area contributed by atoms with Crippen LogP contribution >= 0.6 is 11.6 Å². The van der Waals surface area contributed by atoms with Crippen molar-refractivity contribution in [3.63, 3.8) is 0 Å². The highest BCUT2D eigenvalue weighted by molar-refractivity contribution is 6.30. The molecule has 0 saturated heterocycles. The van der Waals surface area contributed by atoms with Crippen LogP contribution in [0.4, 0.5) is 0 Å². The summed E-state index contributed by atoms with van der Waals surface area (Å²) >= 11 is 5.80. The molecule has 2 aromatic carbocycles. The molecule has 0 aliphatic heterocycles. The maximum Gasteiger partial charge on any atom is 0.251 e. The van der Waals surface area contributed by atoms with Gasteiger partial charge in [0.25, 0.3) is 5.91 Å². The fourth-order valence-electron chi connectivity index (χ4n) is 2.40. The number of aryl methyl sites for hydroxylation is 1. The van der Waals surface area contributed by atoms with Gasteiger partial charge in [-0.3, -0.25) is 9.59 Å². The predicted molar refractivity (Wildman–Crippen MR) is 104 cm³/mol. The van der Waals surface area contributed by atoms with Gasteiger partial charge in [0.15, 0.2) is 0 Å². The minimum atomic E-state index is -0.239. The van der Waals surface area contributed by atoms with Crippen LogP contribution in [0, 0.1) is 19.3 Å². The van der Waals surface area contributed by atoms with E-state index in [-0.39, 0.29) is 31.3 Å². The summed E-state index contributed by atoms with van der Waals surface area (Å²) in [6, 6.07) is 14.5. The highest BCUT2D eigenvalue weighted by Crippen LogP contribution is 2.10. The number of terminal acetylenes is 1. The van der Waals surface area contributed by atoms with Crippen molar-refractivity contribution in [2.24, 2.45) is 0 Å². The van der Waals surface area contributed by atoms with Gasteiger partial charge >= 0.3 is 0 Å². The van der Waals surface area contributed by atoms with Gasteiger partial charge in [0, 0.05) is 30.1 Å². The molecule has 0 saturated carbocycles. The molecule has 2 amide bonds. The highest BCUT2D eigenvalue weighted by atomic mass is 35.5. The third kappa shape index (κ3) is 5.94. The van der Waals surface area contributed by atoms with Crippen LogP contribution in [-0.4, -0.2) is 29.8 Å². The first-order chi connectivity index (χ1) is 12.5. The van der Waals surface area contributed by atoms with E-state index in [1.54, 1.807) is 29.2 Å². The quantitative estimate of drug-likeness (QED) is 0.761. The Morgan fingerprint density at radius 2 is 1.77 bits per heavy atom. The van der Waals surface area contributed by atoms with Crippen molar-refractivity contribution in [2.75, 3.05) is 13.1 Å². The van der Waals surface area contributed by atoms with Crippen LogP contribution < -0.4 is 5.32 Å². The number of rotatable bonds is 7. The van der Waals surface area contributed by atoms with Gasteiger partial charge in [-0.05, 0) is 36.8 Å². The summed E-state index contributed by atoms with van der Waals surface area (Å²) in [7, 11) is 0. The average molecular weight is 369 g/mol. The first-order valence-corrected chi connectivity index (χ1v) is 8.68. The summed E-state index contributed by atoms with van der Waals surface area (Å²) in [6.45, 7) is 2.94. The molecule has 0 spiro atoms. The zero-order chi connectivity index (χ0) is 18.9. The monoisotopic (exact) mass is 368 g/mol. The third-order valence-electron chi connectivity index (χ3n) is 3.86. The SMILES string of the molecule is C#CCN(Cc1ccc(C)cc1)C(=O)CCNC(=O)c1ccc(Cl)cc1. The summed E-state index contributed by atoms with van der Waals surface area (Å²) in [5, 5.41) is 3.30. The lowest BCUT2D eigenvalue weighted by atomic mass is 10.1. The Morgan fingerprint density at radius 1 is 1.12 bits per heavy atom. The van der Waals surface area contributed by atoms with Crippen LogP contribution in [0.15, 0.2) is 48.5 Å². The van der Waals surface area contributed by atoms with Crippen LogP contribution in [-0.2, 0) is 11.3 Å². The van der Waals surface area contributed by atoms with Crippen molar-refractivity contribution in [3.8, 4) is 12.3 Å². The number of halogens is 1. The third-order valence-corrected chi connectivity index (χ3v) is 4.11. The summed E-state index contributed by atoms with van der Waals surface area (Å²) in [4.78, 5) is 26.1. The van der Waals surface area contributed by atoms with E-state index in [0.717, 1.165) is 11.1 Å². The Bertz CT molecular complexity index is 792. The Kier molecular flexibility index (Phi) is 7.25. The van der Waals surface area contributed by atoms with Crippen molar-refractivity contribution in [1.29, 1.82) is 0 Å². The minimum absolute atomic E-state index is 0.0973. The van der Waals surface area contributed by atoms with Crippen molar-refractivity contribution in [3.05, 3.63) is 70.2 Å². The normalized spacial score (nSPS) is 10.0. The molecule has 0 aromatic heterocycles. The fraction of sp³-hybridized carbons (Fsp3) is 0.238. The molecule has 0 bridgehead atoms. The highest BCUT2D eigenvalue weighted by Gasteiger charge is 2.14. The van der Waals surface area contributed by atoms with Crippen LogP contribution in [0.2, 0.25) is 5.02 Å². The number of nitrogens with zero attached hydrogens (tertiary/aromatic N) is 1. The maximum atomic E-state index is 12.4. The van der Waals surface area contributed by atoms with Crippen LogP contribution in [0.3, 0.4) is 0 Å². The molecule has 26 heavy (non-hydrogen) atoms. The Hall–Kier alpha value is -2.77. The van der Waals surface area contributed by atoms with E-state index in [1.807, 2.05) is 31.2 Å². The molecule has 0 fully saturated rings. The van der Waals surface area contributed by atoms with Gasteiger partial charge in [-0.2, -0.15) is 0 Å². The summed E-state index contributed by atoms with van der Waals surface area (Å²) < 4.78 is 0. The molecule has 0 unspecified atom stereocenters. The molecule has 0 atom stereocenters. The van der Waals surface area contributed by atoms with Crippen LogP contribution in [0.1, 0.15) is 27.9 Å². The lowest BCUT2D eigenvalue weighted by Crippen LogP contribution is -2.34. The number of carbonyl (C=O) groups is 2. The lowest BCUT2D eigenvalue weighted by molar-refractivity contribution is -0.131. The molecule has 0 aliphatic rings. The standard InChI is InChI=1S/C21H21ClN2O2/c1-3-14-24(15-17-6-4-16(2)5-7-17)20(25)12-13-23-21(26)18-8-10-19(22)11-9-18/h1,4-11H,12-15H2,2H3,(H,23,26). The summed E-state index contributed by atoms with van der Waals surface area (Å²) in [5.41, 5.74) is 2.68. The Morgan fingerprint density at radius 3 is 2.38 bits per heavy atom. The van der Waals surface area contributed by atoms with E-state index in [0.29, 0.717) is 17.1 Å². The molecule has 1 N–H and O–H groups in total. The van der Waals surface area contributed by atoms with Crippen molar-refractivity contribution in [1.82, 2.24) is 10.2 Å². The number of carbonyl (C=O) groups excluding carboxylic acids is 2. The van der Waals surface area contributed by atoms with Gasteiger partial charge in [0.05, 0.1) is 6.54 Å². The molecular weight excluding hydrogens is 348 g/mol. The number of nitrogens with one attached hydrogen (secondary N) is 1. The Labute approximate surface area is 159 Å². The van der Waals surface area contributed by atoms with E-state index in [4.69, 9.17) is 18.0 Å². The zero-order valence-corrected chi connectivity index (χ0v) is 15.4. The summed E-state index contributed by atoms with van der Waals surface area (Å²) in [5.74, 6) is 2.18. The van der Waals surface area contributed by atoms with Crippen molar-refractivity contribution < 1.29 is 9.59 Å². The smallest absolute Gasteiger partial charge is 0.251 e. The second-order valence-electron chi connectivity index (χ2n) is 5.95. The van der Waals surface area contributed by atoms with E-state index in [2.05, 4.69) is 11.2 Å². The van der Waals surface area contributed by atoms with Crippen LogP contribution in [0.5, 0.6) is 0 Å². The average Bonchev–Trinajstić information content (AvgIpc) is 2.63. The zero-order valence-electron chi connectivity index (χ0n) is 14.7. The van der Waals surface area contributed by atoms with Gasteiger partial charge in [-0.15, -0.1) is 6.42 Å². The number of hydrogen-bond donors (Lipinski definition) is 1. The van der Waals surface area contributed by atoms with Crippen molar-refractivity contribution in [2.45, 2.75) is 19.9 Å². The van der Waals surface area contributed by atoms with E-state index >= 15 is 0 Å². The summed E-state index contributed by atoms with van der Waals surface area (Å²) in [6.07, 6.45) is 5.57. The molecule has 134 valence electrons. The molecule has 0 radical (unpaired) electrons. The van der Waals surface area contributed by atoms with Crippen LogP contribution in [0.25, 0.3) is 0 Å². The number of benzene rings is 2. The topological polar surface area (TPSA) is 49.4 Å². The molecule has 4 nitrogen and oxygen atoms in total. The second kappa shape index (κ2) is 9.65. The molecule has 0 aliphatic carbocycles. The Balaban J connectivity index is 1.87. The van der Waals surface area contributed by atoms with Gasteiger partial charge in [-0.25, -0.2) is 0 Å². The van der Waals surface area contributed by atoms with Gasteiger partial charge in [-0.1, -0.05) is 47.4 Å². The van der Waals surface area contributed by atoms with Gasteiger partial charge < -0.3 is 10.2 Å². The van der Waals surface area contributed by atoms with Gasteiger partial charge in [0.2, 0.25) is 5.91 Å². The molecule has 0 heterocycles. The first-order valence-electron chi connectivity index (χ1n) is 8.30. The van der Waals surface area contributed by atoms with Crippen molar-refractivity contribution >= 4 is 23.4 Å².